The lowest BCUT2D eigenvalue weighted by molar-refractivity contribution is -0.123. The molecule has 0 unspecified atom stereocenters. The molecule has 2 aromatic carbocycles. The van der Waals surface area contributed by atoms with Gasteiger partial charge in [0.15, 0.2) is 6.61 Å². The molecule has 1 amide bonds. The Bertz CT molecular complexity index is 709. The molecule has 2 aromatic rings. The van der Waals surface area contributed by atoms with Gasteiger partial charge in [-0.1, -0.05) is 42.5 Å². The summed E-state index contributed by atoms with van der Waals surface area (Å²) in [6.07, 6.45) is 2.60. The minimum Gasteiger partial charge on any atom is -0.484 e. The monoisotopic (exact) mass is 338 g/mol. The first-order valence-corrected chi connectivity index (χ1v) is 8.96. The molecule has 0 radical (unpaired) electrons. The largest absolute Gasteiger partial charge is 0.484 e. The summed E-state index contributed by atoms with van der Waals surface area (Å²) in [5, 5.41) is 2.93. The Morgan fingerprint density at radius 1 is 1.08 bits per heavy atom. The van der Waals surface area contributed by atoms with Crippen molar-refractivity contribution < 1.29 is 9.53 Å². The lowest BCUT2D eigenvalue weighted by Crippen LogP contribution is -2.28. The van der Waals surface area contributed by atoms with E-state index in [1.807, 2.05) is 31.2 Å². The Morgan fingerprint density at radius 3 is 2.64 bits per heavy atom. The third-order valence-electron chi connectivity index (χ3n) is 4.54. The van der Waals surface area contributed by atoms with E-state index in [4.69, 9.17) is 4.74 Å². The van der Waals surface area contributed by atoms with Gasteiger partial charge in [-0.25, -0.2) is 0 Å². The van der Waals surface area contributed by atoms with Crippen molar-refractivity contribution in [1.29, 1.82) is 0 Å². The van der Waals surface area contributed by atoms with Gasteiger partial charge in [0.05, 0.1) is 0 Å². The third kappa shape index (κ3) is 5.33. The number of ether oxygens (including phenoxy) is 1. The number of amides is 1. The summed E-state index contributed by atoms with van der Waals surface area (Å²) in [4.78, 5) is 14.5. The van der Waals surface area contributed by atoms with E-state index in [1.54, 1.807) is 0 Å². The SMILES string of the molecule is Cc1ccccc1OCC(=O)NCc1cccc(CN2CCCC2)c1. The molecular weight excluding hydrogens is 312 g/mol. The number of aryl methyl sites for hydroxylation is 1. The van der Waals surface area contributed by atoms with Gasteiger partial charge in [0.1, 0.15) is 5.75 Å². The summed E-state index contributed by atoms with van der Waals surface area (Å²) in [7, 11) is 0. The first-order valence-electron chi connectivity index (χ1n) is 8.96. The quantitative estimate of drug-likeness (QED) is 0.842. The zero-order chi connectivity index (χ0) is 17.5. The second kappa shape index (κ2) is 8.67. The number of nitrogens with one attached hydrogen (secondary N) is 1. The maximum absolute atomic E-state index is 12.0. The van der Waals surface area contributed by atoms with Crippen LogP contribution in [-0.4, -0.2) is 30.5 Å². The van der Waals surface area contributed by atoms with Crippen LogP contribution in [0.2, 0.25) is 0 Å². The number of hydrogen-bond donors (Lipinski definition) is 1. The molecule has 1 heterocycles. The van der Waals surface area contributed by atoms with Gasteiger partial charge >= 0.3 is 0 Å². The van der Waals surface area contributed by atoms with Gasteiger partial charge in [0.2, 0.25) is 0 Å². The summed E-state index contributed by atoms with van der Waals surface area (Å²) in [6, 6.07) is 16.2. The van der Waals surface area contributed by atoms with Gasteiger partial charge in [-0.05, 0) is 55.6 Å². The van der Waals surface area contributed by atoms with E-state index in [0.29, 0.717) is 6.54 Å². The second-order valence-electron chi connectivity index (χ2n) is 6.63. The van der Waals surface area contributed by atoms with E-state index in [1.165, 1.54) is 31.5 Å². The van der Waals surface area contributed by atoms with Crippen LogP contribution < -0.4 is 10.1 Å². The zero-order valence-corrected chi connectivity index (χ0v) is 14.8. The zero-order valence-electron chi connectivity index (χ0n) is 14.8. The van der Waals surface area contributed by atoms with Crippen LogP contribution >= 0.6 is 0 Å². The van der Waals surface area contributed by atoms with Gasteiger partial charge in [0.25, 0.3) is 5.91 Å². The number of carbonyl (C=O) groups is 1. The van der Waals surface area contributed by atoms with Crippen molar-refractivity contribution >= 4 is 5.91 Å². The molecule has 1 fully saturated rings. The summed E-state index contributed by atoms with van der Waals surface area (Å²) in [5.74, 6) is 0.651. The van der Waals surface area contributed by atoms with E-state index in [9.17, 15) is 4.79 Å². The standard InChI is InChI=1S/C21H26N2O2/c1-17-7-2-3-10-20(17)25-16-21(24)22-14-18-8-6-9-19(13-18)15-23-11-4-5-12-23/h2-3,6-10,13H,4-5,11-12,14-16H2,1H3,(H,22,24). The first kappa shape index (κ1) is 17.5. The Balaban J connectivity index is 1.46. The molecule has 0 bridgehead atoms. The fraction of sp³-hybridized carbons (Fsp3) is 0.381. The van der Waals surface area contributed by atoms with E-state index in [2.05, 4.69) is 34.5 Å². The number of hydrogen-bond acceptors (Lipinski definition) is 3. The van der Waals surface area contributed by atoms with Crippen LogP contribution in [0.25, 0.3) is 0 Å². The van der Waals surface area contributed by atoms with Crippen LogP contribution in [0.1, 0.15) is 29.5 Å². The molecule has 1 aliphatic rings. The first-order chi connectivity index (χ1) is 12.2. The van der Waals surface area contributed by atoms with E-state index in [0.717, 1.165) is 23.4 Å². The topological polar surface area (TPSA) is 41.6 Å². The minimum atomic E-state index is -0.104. The Hall–Kier alpha value is -2.33. The predicted octanol–water partition coefficient (Wildman–Crippen LogP) is 3.29. The van der Waals surface area contributed by atoms with Crippen molar-refractivity contribution in [2.75, 3.05) is 19.7 Å². The molecule has 4 heteroatoms. The number of benzene rings is 2. The van der Waals surface area contributed by atoms with E-state index in [-0.39, 0.29) is 12.5 Å². The molecule has 0 saturated carbocycles. The molecular formula is C21H26N2O2. The summed E-state index contributed by atoms with van der Waals surface area (Å²) >= 11 is 0. The van der Waals surface area contributed by atoms with Crippen molar-refractivity contribution in [2.45, 2.75) is 32.9 Å². The molecule has 1 aliphatic heterocycles. The molecule has 25 heavy (non-hydrogen) atoms. The Kier molecular flexibility index (Phi) is 6.07. The van der Waals surface area contributed by atoms with Crippen molar-refractivity contribution in [3.8, 4) is 5.75 Å². The fourth-order valence-electron chi connectivity index (χ4n) is 3.15. The van der Waals surface area contributed by atoms with E-state index >= 15 is 0 Å². The summed E-state index contributed by atoms with van der Waals surface area (Å²) < 4.78 is 5.58. The highest BCUT2D eigenvalue weighted by molar-refractivity contribution is 5.77. The molecule has 132 valence electrons. The number of nitrogens with zero attached hydrogens (tertiary/aromatic N) is 1. The highest BCUT2D eigenvalue weighted by Gasteiger charge is 2.12. The van der Waals surface area contributed by atoms with Gasteiger partial charge in [0, 0.05) is 13.1 Å². The van der Waals surface area contributed by atoms with Gasteiger partial charge in [-0.15, -0.1) is 0 Å². The molecule has 1 saturated heterocycles. The van der Waals surface area contributed by atoms with Gasteiger partial charge in [-0.3, -0.25) is 9.69 Å². The van der Waals surface area contributed by atoms with Gasteiger partial charge in [-0.2, -0.15) is 0 Å². The minimum absolute atomic E-state index is 0.0400. The molecule has 1 N–H and O–H groups in total. The average Bonchev–Trinajstić information content (AvgIpc) is 3.12. The highest BCUT2D eigenvalue weighted by atomic mass is 16.5. The number of carbonyl (C=O) groups excluding carboxylic acids is 1. The maximum Gasteiger partial charge on any atom is 0.258 e. The second-order valence-corrected chi connectivity index (χ2v) is 6.63. The van der Waals surface area contributed by atoms with Crippen LogP contribution in [-0.2, 0) is 17.9 Å². The Labute approximate surface area is 149 Å². The predicted molar refractivity (Wildman–Crippen MR) is 99.5 cm³/mol. The number of rotatable bonds is 7. The molecule has 0 aromatic heterocycles. The Morgan fingerprint density at radius 2 is 1.84 bits per heavy atom. The molecule has 0 atom stereocenters. The van der Waals surface area contributed by atoms with E-state index < -0.39 is 0 Å². The maximum atomic E-state index is 12.0. The molecule has 0 spiro atoms. The van der Waals surface area contributed by atoms with Gasteiger partial charge < -0.3 is 10.1 Å². The molecule has 0 aliphatic carbocycles. The van der Waals surface area contributed by atoms with Crippen molar-refractivity contribution in [1.82, 2.24) is 10.2 Å². The summed E-state index contributed by atoms with van der Waals surface area (Å²) in [6.45, 7) is 5.92. The molecule has 3 rings (SSSR count). The normalized spacial score (nSPS) is 14.4. The van der Waals surface area contributed by atoms with Crippen LogP contribution in [0.3, 0.4) is 0 Å². The van der Waals surface area contributed by atoms with Crippen molar-refractivity contribution in [3.05, 3.63) is 65.2 Å². The summed E-state index contributed by atoms with van der Waals surface area (Å²) in [5.41, 5.74) is 3.47. The smallest absolute Gasteiger partial charge is 0.258 e. The number of para-hydroxylation sites is 1. The van der Waals surface area contributed by atoms with Crippen molar-refractivity contribution in [3.63, 3.8) is 0 Å². The third-order valence-corrected chi connectivity index (χ3v) is 4.54. The molecule has 4 nitrogen and oxygen atoms in total. The lowest BCUT2D eigenvalue weighted by atomic mass is 10.1. The average molecular weight is 338 g/mol. The van der Waals surface area contributed by atoms with Crippen LogP contribution in [0, 0.1) is 6.92 Å². The van der Waals surface area contributed by atoms with Crippen molar-refractivity contribution in [2.24, 2.45) is 0 Å². The highest BCUT2D eigenvalue weighted by Crippen LogP contribution is 2.16. The van der Waals surface area contributed by atoms with Crippen LogP contribution in [0.4, 0.5) is 0 Å². The number of likely N-dealkylation sites (tertiary alicyclic amines) is 1. The van der Waals surface area contributed by atoms with Crippen LogP contribution in [0.15, 0.2) is 48.5 Å². The van der Waals surface area contributed by atoms with Crippen LogP contribution in [0.5, 0.6) is 5.75 Å². The fourth-order valence-corrected chi connectivity index (χ4v) is 3.15. The lowest BCUT2D eigenvalue weighted by Gasteiger charge is -2.15.